The van der Waals surface area contributed by atoms with Crippen LogP contribution in [-0.2, 0) is 11.3 Å². The average Bonchev–Trinajstić information content (AvgIpc) is 2.51. The molecular formula is C17H28N2OS. The summed E-state index contributed by atoms with van der Waals surface area (Å²) in [6.07, 6.45) is 3.20. The SMILES string of the molecule is CCCCSC(C)C(=O)N(CCCN)Cc1ccccc1. The molecule has 0 saturated heterocycles. The van der Waals surface area contributed by atoms with Gasteiger partial charge in [-0.1, -0.05) is 43.7 Å². The summed E-state index contributed by atoms with van der Waals surface area (Å²) in [7, 11) is 0. The van der Waals surface area contributed by atoms with E-state index in [4.69, 9.17) is 5.73 Å². The van der Waals surface area contributed by atoms with Crippen molar-refractivity contribution in [2.24, 2.45) is 5.73 Å². The van der Waals surface area contributed by atoms with E-state index in [1.807, 2.05) is 30.0 Å². The molecule has 0 aliphatic carbocycles. The normalized spacial score (nSPS) is 12.1. The minimum Gasteiger partial charge on any atom is -0.337 e. The Hall–Kier alpha value is -1.00. The molecule has 0 aliphatic heterocycles. The highest BCUT2D eigenvalue weighted by atomic mass is 32.2. The number of amides is 1. The molecule has 1 aromatic carbocycles. The molecule has 0 aliphatic rings. The largest absolute Gasteiger partial charge is 0.337 e. The Morgan fingerprint density at radius 2 is 2.00 bits per heavy atom. The monoisotopic (exact) mass is 308 g/mol. The number of benzene rings is 1. The molecule has 1 amide bonds. The molecule has 4 heteroatoms. The number of nitrogens with two attached hydrogens (primary N) is 1. The number of rotatable bonds is 10. The predicted octanol–water partition coefficient (Wildman–Crippen LogP) is 3.29. The molecule has 0 aromatic heterocycles. The summed E-state index contributed by atoms with van der Waals surface area (Å²) in [5.74, 6) is 1.29. The number of unbranched alkanes of at least 4 members (excludes halogenated alkanes) is 1. The van der Waals surface area contributed by atoms with E-state index in [1.54, 1.807) is 11.8 Å². The molecule has 1 unspecified atom stereocenters. The van der Waals surface area contributed by atoms with Crippen LogP contribution in [-0.4, -0.2) is 34.9 Å². The van der Waals surface area contributed by atoms with E-state index in [9.17, 15) is 4.79 Å². The van der Waals surface area contributed by atoms with Gasteiger partial charge in [0.2, 0.25) is 5.91 Å². The number of hydrogen-bond acceptors (Lipinski definition) is 3. The Morgan fingerprint density at radius 3 is 2.62 bits per heavy atom. The Morgan fingerprint density at radius 1 is 1.29 bits per heavy atom. The lowest BCUT2D eigenvalue weighted by Crippen LogP contribution is -2.37. The summed E-state index contributed by atoms with van der Waals surface area (Å²) in [5, 5.41) is 0.0260. The lowest BCUT2D eigenvalue weighted by molar-refractivity contribution is -0.131. The summed E-state index contributed by atoms with van der Waals surface area (Å²) in [5.41, 5.74) is 6.78. The molecular weight excluding hydrogens is 280 g/mol. The van der Waals surface area contributed by atoms with Crippen LogP contribution in [0.4, 0.5) is 0 Å². The van der Waals surface area contributed by atoms with Gasteiger partial charge in [0.15, 0.2) is 0 Å². The Balaban J connectivity index is 2.60. The second-order valence-electron chi connectivity index (χ2n) is 5.25. The maximum absolute atomic E-state index is 12.6. The molecule has 0 spiro atoms. The van der Waals surface area contributed by atoms with Crippen molar-refractivity contribution in [1.29, 1.82) is 0 Å². The summed E-state index contributed by atoms with van der Waals surface area (Å²) < 4.78 is 0. The molecule has 0 saturated carbocycles. The zero-order valence-corrected chi connectivity index (χ0v) is 14.1. The highest BCUT2D eigenvalue weighted by Crippen LogP contribution is 2.17. The number of carbonyl (C=O) groups excluding carboxylic acids is 1. The van der Waals surface area contributed by atoms with E-state index in [1.165, 1.54) is 18.4 Å². The molecule has 1 rings (SSSR count). The van der Waals surface area contributed by atoms with Gasteiger partial charge in [-0.05, 0) is 37.6 Å². The van der Waals surface area contributed by atoms with Gasteiger partial charge < -0.3 is 10.6 Å². The molecule has 2 N–H and O–H groups in total. The first-order valence-corrected chi connectivity index (χ1v) is 8.88. The van der Waals surface area contributed by atoms with Gasteiger partial charge in [0, 0.05) is 13.1 Å². The standard InChI is InChI=1S/C17H28N2OS/c1-3-4-13-21-15(2)17(20)19(12-8-11-18)14-16-9-6-5-7-10-16/h5-7,9-10,15H,3-4,8,11-14,18H2,1-2H3. The number of nitrogens with zero attached hydrogens (tertiary/aromatic N) is 1. The quantitative estimate of drug-likeness (QED) is 0.675. The van der Waals surface area contributed by atoms with Crippen molar-refractivity contribution >= 4 is 17.7 Å². The summed E-state index contributed by atoms with van der Waals surface area (Å²) >= 11 is 1.76. The molecule has 3 nitrogen and oxygen atoms in total. The highest BCUT2D eigenvalue weighted by Gasteiger charge is 2.20. The van der Waals surface area contributed by atoms with Gasteiger partial charge >= 0.3 is 0 Å². The van der Waals surface area contributed by atoms with Gasteiger partial charge in [0.25, 0.3) is 0 Å². The maximum Gasteiger partial charge on any atom is 0.235 e. The van der Waals surface area contributed by atoms with Crippen LogP contribution in [0.3, 0.4) is 0 Å². The van der Waals surface area contributed by atoms with Gasteiger partial charge in [-0.25, -0.2) is 0 Å². The minimum atomic E-state index is 0.0260. The second-order valence-corrected chi connectivity index (χ2v) is 6.70. The summed E-state index contributed by atoms with van der Waals surface area (Å²) in [4.78, 5) is 14.6. The van der Waals surface area contributed by atoms with Crippen molar-refractivity contribution in [3.8, 4) is 0 Å². The third-order valence-corrected chi connectivity index (χ3v) is 4.60. The number of hydrogen-bond donors (Lipinski definition) is 1. The van der Waals surface area contributed by atoms with Crippen molar-refractivity contribution in [3.05, 3.63) is 35.9 Å². The van der Waals surface area contributed by atoms with Crippen LogP contribution in [0.2, 0.25) is 0 Å². The topological polar surface area (TPSA) is 46.3 Å². The smallest absolute Gasteiger partial charge is 0.235 e. The molecule has 118 valence electrons. The molecule has 0 radical (unpaired) electrons. The van der Waals surface area contributed by atoms with Gasteiger partial charge in [-0.2, -0.15) is 0 Å². The van der Waals surface area contributed by atoms with Crippen LogP contribution in [0.25, 0.3) is 0 Å². The van der Waals surface area contributed by atoms with Gasteiger partial charge in [-0.3, -0.25) is 4.79 Å². The van der Waals surface area contributed by atoms with Crippen molar-refractivity contribution in [1.82, 2.24) is 4.90 Å². The third kappa shape index (κ3) is 7.00. The van der Waals surface area contributed by atoms with Gasteiger partial charge in [-0.15, -0.1) is 11.8 Å². The first-order valence-electron chi connectivity index (χ1n) is 7.83. The van der Waals surface area contributed by atoms with Crippen LogP contribution in [0.1, 0.15) is 38.7 Å². The van der Waals surface area contributed by atoms with Crippen LogP contribution >= 0.6 is 11.8 Å². The molecule has 1 atom stereocenters. The number of thioether (sulfide) groups is 1. The Bertz CT molecular complexity index is 397. The summed E-state index contributed by atoms with van der Waals surface area (Å²) in [6, 6.07) is 10.2. The Kier molecular flexibility index (Phi) is 9.19. The lowest BCUT2D eigenvalue weighted by Gasteiger charge is -2.25. The van der Waals surface area contributed by atoms with E-state index in [2.05, 4.69) is 19.1 Å². The first-order chi connectivity index (χ1) is 10.2. The van der Waals surface area contributed by atoms with Gasteiger partial charge in [0.05, 0.1) is 5.25 Å². The molecule has 0 fully saturated rings. The second kappa shape index (κ2) is 10.7. The fourth-order valence-corrected chi connectivity index (χ4v) is 3.19. The van der Waals surface area contributed by atoms with E-state index < -0.39 is 0 Å². The van der Waals surface area contributed by atoms with Crippen molar-refractivity contribution in [2.75, 3.05) is 18.8 Å². The van der Waals surface area contributed by atoms with Crippen LogP contribution in [0.5, 0.6) is 0 Å². The zero-order valence-electron chi connectivity index (χ0n) is 13.3. The maximum atomic E-state index is 12.6. The van der Waals surface area contributed by atoms with E-state index in [0.29, 0.717) is 13.1 Å². The van der Waals surface area contributed by atoms with Crippen molar-refractivity contribution in [3.63, 3.8) is 0 Å². The summed E-state index contributed by atoms with van der Waals surface area (Å²) in [6.45, 7) is 6.23. The van der Waals surface area contributed by atoms with Crippen LogP contribution in [0.15, 0.2) is 30.3 Å². The van der Waals surface area contributed by atoms with Crippen molar-refractivity contribution < 1.29 is 4.79 Å². The molecule has 21 heavy (non-hydrogen) atoms. The highest BCUT2D eigenvalue weighted by molar-refractivity contribution is 8.00. The lowest BCUT2D eigenvalue weighted by atomic mass is 10.2. The third-order valence-electron chi connectivity index (χ3n) is 3.37. The van der Waals surface area contributed by atoms with E-state index in [-0.39, 0.29) is 11.2 Å². The van der Waals surface area contributed by atoms with Crippen LogP contribution < -0.4 is 5.73 Å². The average molecular weight is 308 g/mol. The Labute approximate surface area is 133 Å². The fourth-order valence-electron chi connectivity index (χ4n) is 2.09. The van der Waals surface area contributed by atoms with Crippen LogP contribution in [0, 0.1) is 0 Å². The molecule has 1 aromatic rings. The van der Waals surface area contributed by atoms with E-state index >= 15 is 0 Å². The molecule has 0 bridgehead atoms. The fraction of sp³-hybridized carbons (Fsp3) is 0.588. The number of carbonyl (C=O) groups is 1. The zero-order chi connectivity index (χ0) is 15.5. The first kappa shape index (κ1) is 18.1. The molecule has 0 heterocycles. The van der Waals surface area contributed by atoms with Crippen molar-refractivity contribution in [2.45, 2.75) is 44.9 Å². The minimum absolute atomic E-state index is 0.0260. The predicted molar refractivity (Wildman–Crippen MR) is 92.4 cm³/mol. The van der Waals surface area contributed by atoms with E-state index in [0.717, 1.165) is 18.7 Å². The van der Waals surface area contributed by atoms with Gasteiger partial charge in [0.1, 0.15) is 0 Å².